The molecule has 5 heteroatoms. The van der Waals surface area contributed by atoms with Crippen LogP contribution in [0.1, 0.15) is 6.42 Å². The van der Waals surface area contributed by atoms with Crippen LogP contribution in [0.4, 0.5) is 11.4 Å². The first kappa shape index (κ1) is 18.2. The summed E-state index contributed by atoms with van der Waals surface area (Å²) in [6.07, 6.45) is 4.58. The Labute approximate surface area is 164 Å². The first-order valence-electron chi connectivity index (χ1n) is 9.49. The summed E-state index contributed by atoms with van der Waals surface area (Å²) >= 11 is 0. The molecule has 3 aromatic rings. The molecule has 1 N–H and O–H groups in total. The summed E-state index contributed by atoms with van der Waals surface area (Å²) in [5.74, 6) is -0.773. The van der Waals surface area contributed by atoms with E-state index in [-0.39, 0.29) is 12.6 Å². The van der Waals surface area contributed by atoms with Crippen LogP contribution in [0.3, 0.4) is 0 Å². The number of carbonyl (C=O) groups is 1. The number of carboxylic acids is 1. The molecule has 0 spiro atoms. The monoisotopic (exact) mass is 373 g/mol. The summed E-state index contributed by atoms with van der Waals surface area (Å²) in [6.45, 7) is 1.62. The molecule has 28 heavy (non-hydrogen) atoms. The van der Waals surface area contributed by atoms with Crippen LogP contribution in [-0.4, -0.2) is 46.6 Å². The number of anilines is 2. The second-order valence-electron chi connectivity index (χ2n) is 7.07. The number of hydrogen-bond donors (Lipinski definition) is 1. The highest BCUT2D eigenvalue weighted by Gasteiger charge is 2.30. The van der Waals surface area contributed by atoms with Crippen molar-refractivity contribution in [2.24, 2.45) is 0 Å². The Bertz CT molecular complexity index is 931. The van der Waals surface area contributed by atoms with Crippen LogP contribution < -0.4 is 4.90 Å². The topological polar surface area (TPSA) is 56.7 Å². The predicted molar refractivity (Wildman–Crippen MR) is 111 cm³/mol. The number of carboxylic acid groups (broad SMARTS) is 1. The fourth-order valence-corrected chi connectivity index (χ4v) is 3.89. The molecule has 0 aliphatic carbocycles. The number of aromatic nitrogens is 1. The largest absolute Gasteiger partial charge is 0.480 e. The molecule has 1 aliphatic rings. The highest BCUT2D eigenvalue weighted by Crippen LogP contribution is 2.33. The van der Waals surface area contributed by atoms with Crippen molar-refractivity contribution in [3.63, 3.8) is 0 Å². The van der Waals surface area contributed by atoms with Gasteiger partial charge in [0.2, 0.25) is 0 Å². The fraction of sp³-hybridized carbons (Fsp3) is 0.217. The molecule has 4 rings (SSSR count). The number of nitrogens with zero attached hydrogens (tertiary/aromatic N) is 3. The molecule has 1 fully saturated rings. The third kappa shape index (κ3) is 4.05. The smallest absolute Gasteiger partial charge is 0.317 e. The van der Waals surface area contributed by atoms with Gasteiger partial charge in [0.25, 0.3) is 0 Å². The van der Waals surface area contributed by atoms with E-state index in [2.05, 4.69) is 52.3 Å². The molecule has 142 valence electrons. The molecule has 1 saturated heterocycles. The molecular formula is C23H23N3O2. The number of likely N-dealkylation sites (tertiary alicyclic amines) is 1. The maximum atomic E-state index is 11.1. The summed E-state index contributed by atoms with van der Waals surface area (Å²) < 4.78 is 0. The van der Waals surface area contributed by atoms with Gasteiger partial charge in [-0.25, -0.2) is 0 Å². The number of benzene rings is 2. The van der Waals surface area contributed by atoms with Gasteiger partial charge in [0, 0.05) is 48.5 Å². The Balaban J connectivity index is 1.68. The average molecular weight is 373 g/mol. The van der Waals surface area contributed by atoms with Crippen LogP contribution in [0.15, 0.2) is 79.1 Å². The summed E-state index contributed by atoms with van der Waals surface area (Å²) in [4.78, 5) is 19.7. The Kier molecular flexibility index (Phi) is 5.35. The van der Waals surface area contributed by atoms with E-state index in [1.165, 1.54) is 0 Å². The van der Waals surface area contributed by atoms with Crippen LogP contribution in [0.25, 0.3) is 11.1 Å². The van der Waals surface area contributed by atoms with Crippen molar-refractivity contribution in [1.29, 1.82) is 0 Å². The number of para-hydroxylation sites is 1. The minimum absolute atomic E-state index is 0.0921. The SMILES string of the molecule is O=C(O)CN1CCC(N(c2ccccc2)c2cccc(-c3cccnc3)c2)C1. The lowest BCUT2D eigenvalue weighted by Crippen LogP contribution is -2.35. The molecule has 1 atom stereocenters. The number of pyridine rings is 1. The van der Waals surface area contributed by atoms with Crippen LogP contribution in [0.2, 0.25) is 0 Å². The predicted octanol–water partition coefficient (Wildman–Crippen LogP) is 4.05. The summed E-state index contributed by atoms with van der Waals surface area (Å²) in [6, 6.07) is 23.0. The molecule has 0 bridgehead atoms. The number of rotatable bonds is 6. The fourth-order valence-electron chi connectivity index (χ4n) is 3.89. The van der Waals surface area contributed by atoms with Crippen LogP contribution in [0.5, 0.6) is 0 Å². The van der Waals surface area contributed by atoms with E-state index >= 15 is 0 Å². The quantitative estimate of drug-likeness (QED) is 0.707. The van der Waals surface area contributed by atoms with E-state index in [4.69, 9.17) is 5.11 Å². The normalized spacial score (nSPS) is 16.8. The van der Waals surface area contributed by atoms with Gasteiger partial charge in [0.15, 0.2) is 0 Å². The minimum atomic E-state index is -0.773. The van der Waals surface area contributed by atoms with Crippen molar-refractivity contribution in [1.82, 2.24) is 9.88 Å². The standard InChI is InChI=1S/C23H23N3O2/c27-23(28)17-25-13-11-22(16-25)26(20-8-2-1-3-9-20)21-10-4-6-18(14-21)19-7-5-12-24-15-19/h1-10,12,14-15,22H,11,13,16-17H2,(H,27,28). The molecule has 1 unspecified atom stereocenters. The Morgan fingerprint density at radius 2 is 1.82 bits per heavy atom. The molecule has 0 radical (unpaired) electrons. The third-order valence-corrected chi connectivity index (χ3v) is 5.13. The van der Waals surface area contributed by atoms with Gasteiger partial charge >= 0.3 is 5.97 Å². The lowest BCUT2D eigenvalue weighted by atomic mass is 10.1. The Morgan fingerprint density at radius 3 is 2.57 bits per heavy atom. The highest BCUT2D eigenvalue weighted by atomic mass is 16.4. The van der Waals surface area contributed by atoms with Crippen molar-refractivity contribution >= 4 is 17.3 Å². The van der Waals surface area contributed by atoms with Gasteiger partial charge in [-0.15, -0.1) is 0 Å². The molecule has 5 nitrogen and oxygen atoms in total. The van der Waals surface area contributed by atoms with E-state index < -0.39 is 5.97 Å². The van der Waals surface area contributed by atoms with E-state index in [1.807, 2.05) is 35.4 Å². The first-order valence-corrected chi connectivity index (χ1v) is 9.49. The summed E-state index contributed by atoms with van der Waals surface area (Å²) in [7, 11) is 0. The molecule has 2 aromatic carbocycles. The second-order valence-corrected chi connectivity index (χ2v) is 7.07. The van der Waals surface area contributed by atoms with E-state index in [1.54, 1.807) is 6.20 Å². The average Bonchev–Trinajstić information content (AvgIpc) is 3.17. The zero-order valence-electron chi connectivity index (χ0n) is 15.6. The highest BCUT2D eigenvalue weighted by molar-refractivity contribution is 5.73. The zero-order valence-corrected chi connectivity index (χ0v) is 15.6. The first-order chi connectivity index (χ1) is 13.7. The Morgan fingerprint density at radius 1 is 1.04 bits per heavy atom. The summed E-state index contributed by atoms with van der Waals surface area (Å²) in [5, 5.41) is 9.13. The lowest BCUT2D eigenvalue weighted by Gasteiger charge is -2.32. The minimum Gasteiger partial charge on any atom is -0.480 e. The van der Waals surface area contributed by atoms with Gasteiger partial charge < -0.3 is 10.0 Å². The van der Waals surface area contributed by atoms with Gasteiger partial charge in [-0.2, -0.15) is 0 Å². The van der Waals surface area contributed by atoms with Crippen molar-refractivity contribution in [3.05, 3.63) is 79.1 Å². The second kappa shape index (κ2) is 8.23. The zero-order chi connectivity index (χ0) is 19.3. The van der Waals surface area contributed by atoms with Gasteiger partial charge in [-0.1, -0.05) is 36.4 Å². The maximum absolute atomic E-state index is 11.1. The summed E-state index contributed by atoms with van der Waals surface area (Å²) in [5.41, 5.74) is 4.42. The molecule has 0 amide bonds. The van der Waals surface area contributed by atoms with E-state index in [0.29, 0.717) is 0 Å². The lowest BCUT2D eigenvalue weighted by molar-refractivity contribution is -0.138. The number of aliphatic carboxylic acids is 1. The molecule has 1 aromatic heterocycles. The van der Waals surface area contributed by atoms with Crippen molar-refractivity contribution in [2.45, 2.75) is 12.5 Å². The van der Waals surface area contributed by atoms with Crippen LogP contribution in [-0.2, 0) is 4.79 Å². The van der Waals surface area contributed by atoms with Crippen molar-refractivity contribution < 1.29 is 9.90 Å². The van der Waals surface area contributed by atoms with Gasteiger partial charge in [-0.05, 0) is 42.3 Å². The number of hydrogen-bond acceptors (Lipinski definition) is 4. The van der Waals surface area contributed by atoms with Crippen molar-refractivity contribution in [2.75, 3.05) is 24.5 Å². The molecular weight excluding hydrogens is 350 g/mol. The molecule has 2 heterocycles. The van der Waals surface area contributed by atoms with Crippen molar-refractivity contribution in [3.8, 4) is 11.1 Å². The van der Waals surface area contributed by atoms with Gasteiger partial charge in [0.05, 0.1) is 6.54 Å². The molecule has 0 saturated carbocycles. The van der Waals surface area contributed by atoms with E-state index in [0.717, 1.165) is 42.0 Å². The van der Waals surface area contributed by atoms with Gasteiger partial charge in [0.1, 0.15) is 0 Å². The van der Waals surface area contributed by atoms with E-state index in [9.17, 15) is 4.79 Å². The Hall–Kier alpha value is -3.18. The third-order valence-electron chi connectivity index (χ3n) is 5.13. The molecule has 1 aliphatic heterocycles. The van der Waals surface area contributed by atoms with Crippen LogP contribution >= 0.6 is 0 Å². The van der Waals surface area contributed by atoms with Crippen LogP contribution in [0, 0.1) is 0 Å². The van der Waals surface area contributed by atoms with Gasteiger partial charge in [-0.3, -0.25) is 14.7 Å². The maximum Gasteiger partial charge on any atom is 0.317 e.